The van der Waals surface area contributed by atoms with Gasteiger partial charge in [0, 0.05) is 12.1 Å². The molecule has 1 N–H and O–H groups in total. The highest BCUT2D eigenvalue weighted by Gasteiger charge is 2.24. The van der Waals surface area contributed by atoms with E-state index in [1.807, 2.05) is 0 Å². The maximum absolute atomic E-state index is 12.4. The van der Waals surface area contributed by atoms with E-state index >= 15 is 0 Å². The minimum absolute atomic E-state index is 0.0114. The van der Waals surface area contributed by atoms with Crippen molar-refractivity contribution >= 4 is 44.9 Å². The molecular weight excluding hydrogens is 361 g/mol. The topological polar surface area (TPSA) is 72.5 Å². The van der Waals surface area contributed by atoms with Crippen LogP contribution in [-0.2, 0) is 21.3 Å². The molecule has 0 saturated heterocycles. The van der Waals surface area contributed by atoms with Gasteiger partial charge in [0.15, 0.2) is 0 Å². The van der Waals surface area contributed by atoms with Crippen LogP contribution in [0.25, 0.3) is 0 Å². The molecule has 1 heterocycles. The van der Waals surface area contributed by atoms with E-state index in [2.05, 4.69) is 5.32 Å². The molecule has 8 heteroatoms. The maximum atomic E-state index is 12.4. The van der Waals surface area contributed by atoms with Crippen LogP contribution in [0.3, 0.4) is 0 Å². The van der Waals surface area contributed by atoms with Crippen molar-refractivity contribution in [2.75, 3.05) is 5.32 Å². The Balaban J connectivity index is 1.94. The summed E-state index contributed by atoms with van der Waals surface area (Å²) in [7, 11) is -4.16. The van der Waals surface area contributed by atoms with Crippen molar-refractivity contribution in [2.24, 2.45) is 0 Å². The van der Waals surface area contributed by atoms with Crippen LogP contribution in [0.5, 0.6) is 5.75 Å². The van der Waals surface area contributed by atoms with Crippen LogP contribution in [0.15, 0.2) is 41.3 Å². The number of anilines is 1. The number of hydrogen-bond donors (Lipinski definition) is 1. The number of amides is 1. The van der Waals surface area contributed by atoms with Crippen LogP contribution in [0.4, 0.5) is 5.69 Å². The Morgan fingerprint density at radius 1 is 1.04 bits per heavy atom. The third kappa shape index (κ3) is 3.29. The van der Waals surface area contributed by atoms with Crippen molar-refractivity contribution < 1.29 is 17.4 Å². The summed E-state index contributed by atoms with van der Waals surface area (Å²) in [6, 6.07) is 9.04. The molecular formula is C15H11Cl2NO4S. The molecule has 120 valence electrons. The molecule has 0 radical (unpaired) electrons. The van der Waals surface area contributed by atoms with Gasteiger partial charge in [-0.3, -0.25) is 4.79 Å². The van der Waals surface area contributed by atoms with Gasteiger partial charge in [-0.1, -0.05) is 29.3 Å². The molecule has 3 rings (SSSR count). The predicted octanol–water partition coefficient (Wildman–Crippen LogP) is 3.65. The van der Waals surface area contributed by atoms with E-state index in [-0.39, 0.29) is 26.6 Å². The smallest absolute Gasteiger partial charge is 0.342 e. The number of aryl methyl sites for hydroxylation is 1. The monoisotopic (exact) mass is 371 g/mol. The largest absolute Gasteiger partial charge is 0.379 e. The first kappa shape index (κ1) is 16.1. The molecule has 2 aromatic rings. The lowest BCUT2D eigenvalue weighted by atomic mass is 10.0. The van der Waals surface area contributed by atoms with E-state index in [9.17, 15) is 13.2 Å². The standard InChI is InChI=1S/C15H11Cl2NO4S/c16-11-2-1-3-12(17)15(11)23(20,21)22-10-5-6-13-9(8-10)4-7-14(19)18-13/h1-3,5-6,8H,4,7H2,(H,18,19). The number of fused-ring (bicyclic) bond motifs is 1. The van der Waals surface area contributed by atoms with Crippen molar-refractivity contribution in [2.45, 2.75) is 17.7 Å². The van der Waals surface area contributed by atoms with Gasteiger partial charge in [0.2, 0.25) is 5.91 Å². The van der Waals surface area contributed by atoms with Crippen LogP contribution < -0.4 is 9.50 Å². The summed E-state index contributed by atoms with van der Waals surface area (Å²) in [5.74, 6) is 0.0672. The fraction of sp³-hybridized carbons (Fsp3) is 0.133. The third-order valence-electron chi connectivity index (χ3n) is 3.35. The molecule has 0 spiro atoms. The minimum atomic E-state index is -4.16. The molecule has 0 saturated carbocycles. The van der Waals surface area contributed by atoms with Gasteiger partial charge >= 0.3 is 10.1 Å². The molecule has 1 amide bonds. The summed E-state index contributed by atoms with van der Waals surface area (Å²) >= 11 is 11.8. The van der Waals surface area contributed by atoms with Crippen molar-refractivity contribution in [3.8, 4) is 5.75 Å². The first-order chi connectivity index (χ1) is 10.9. The highest BCUT2D eigenvalue weighted by molar-refractivity contribution is 7.87. The Hall–Kier alpha value is -1.76. The van der Waals surface area contributed by atoms with Crippen LogP contribution >= 0.6 is 23.2 Å². The van der Waals surface area contributed by atoms with Crippen LogP contribution in [0.2, 0.25) is 10.0 Å². The second kappa shape index (κ2) is 6.03. The Bertz CT molecular complexity index is 876. The fourth-order valence-corrected chi connectivity index (χ4v) is 4.32. The summed E-state index contributed by atoms with van der Waals surface area (Å²) in [5.41, 5.74) is 1.46. The van der Waals surface area contributed by atoms with Gasteiger partial charge in [-0.05, 0) is 42.3 Å². The van der Waals surface area contributed by atoms with Gasteiger partial charge in [-0.15, -0.1) is 0 Å². The summed E-state index contributed by atoms with van der Waals surface area (Å²) in [5, 5.41) is 2.69. The Morgan fingerprint density at radius 3 is 2.43 bits per heavy atom. The van der Waals surface area contributed by atoms with Gasteiger partial charge in [-0.2, -0.15) is 8.42 Å². The molecule has 1 aliphatic heterocycles. The summed E-state index contributed by atoms with van der Waals surface area (Å²) in [4.78, 5) is 11.1. The molecule has 5 nitrogen and oxygen atoms in total. The Morgan fingerprint density at radius 2 is 1.74 bits per heavy atom. The van der Waals surface area contributed by atoms with Crippen LogP contribution in [0, 0.1) is 0 Å². The second-order valence-electron chi connectivity index (χ2n) is 4.96. The molecule has 0 aromatic heterocycles. The van der Waals surface area contributed by atoms with Gasteiger partial charge in [0.25, 0.3) is 0 Å². The highest BCUT2D eigenvalue weighted by Crippen LogP contribution is 2.33. The average molecular weight is 372 g/mol. The SMILES string of the molecule is O=C1CCc2cc(OS(=O)(=O)c3c(Cl)cccc3Cl)ccc2N1. The van der Waals surface area contributed by atoms with Crippen molar-refractivity contribution in [1.29, 1.82) is 0 Å². The number of carbonyl (C=O) groups excluding carboxylic acids is 1. The lowest BCUT2D eigenvalue weighted by Crippen LogP contribution is -2.19. The van der Waals surface area contributed by atoms with Crippen molar-refractivity contribution in [3.05, 3.63) is 52.0 Å². The van der Waals surface area contributed by atoms with E-state index in [4.69, 9.17) is 27.4 Å². The third-order valence-corrected chi connectivity index (χ3v) is 5.55. The molecule has 2 aromatic carbocycles. The molecule has 0 bridgehead atoms. The zero-order chi connectivity index (χ0) is 16.6. The number of rotatable bonds is 3. The van der Waals surface area contributed by atoms with E-state index < -0.39 is 10.1 Å². The Labute approximate surface area is 143 Å². The maximum Gasteiger partial charge on any atom is 0.342 e. The zero-order valence-electron chi connectivity index (χ0n) is 11.7. The summed E-state index contributed by atoms with van der Waals surface area (Å²) < 4.78 is 29.9. The van der Waals surface area contributed by atoms with E-state index in [1.54, 1.807) is 18.2 Å². The zero-order valence-corrected chi connectivity index (χ0v) is 14.0. The molecule has 0 unspecified atom stereocenters. The van der Waals surface area contributed by atoms with Gasteiger partial charge in [0.1, 0.15) is 10.6 Å². The molecule has 23 heavy (non-hydrogen) atoms. The fourth-order valence-electron chi connectivity index (χ4n) is 2.30. The van der Waals surface area contributed by atoms with Crippen molar-refractivity contribution in [3.63, 3.8) is 0 Å². The van der Waals surface area contributed by atoms with E-state index in [1.165, 1.54) is 18.2 Å². The van der Waals surface area contributed by atoms with Gasteiger partial charge in [-0.25, -0.2) is 0 Å². The second-order valence-corrected chi connectivity index (χ2v) is 7.25. The average Bonchev–Trinajstić information content (AvgIpc) is 2.46. The van der Waals surface area contributed by atoms with Crippen LogP contribution in [0.1, 0.15) is 12.0 Å². The predicted molar refractivity (Wildman–Crippen MR) is 87.7 cm³/mol. The van der Waals surface area contributed by atoms with E-state index in [0.717, 1.165) is 5.56 Å². The first-order valence-corrected chi connectivity index (χ1v) is 8.84. The quantitative estimate of drug-likeness (QED) is 0.835. The Kier molecular flexibility index (Phi) is 4.23. The number of halogens is 2. The van der Waals surface area contributed by atoms with Crippen LogP contribution in [-0.4, -0.2) is 14.3 Å². The van der Waals surface area contributed by atoms with E-state index in [0.29, 0.717) is 18.5 Å². The van der Waals surface area contributed by atoms with Gasteiger partial charge in [0.05, 0.1) is 10.0 Å². The van der Waals surface area contributed by atoms with Gasteiger partial charge < -0.3 is 9.50 Å². The normalized spacial score (nSPS) is 14.1. The first-order valence-electron chi connectivity index (χ1n) is 6.68. The molecule has 0 fully saturated rings. The number of benzene rings is 2. The number of nitrogens with one attached hydrogen (secondary N) is 1. The molecule has 0 aliphatic carbocycles. The van der Waals surface area contributed by atoms with Crippen molar-refractivity contribution in [1.82, 2.24) is 0 Å². The molecule has 0 atom stereocenters. The minimum Gasteiger partial charge on any atom is -0.379 e. The lowest BCUT2D eigenvalue weighted by Gasteiger charge is -2.17. The summed E-state index contributed by atoms with van der Waals surface area (Å²) in [6.07, 6.45) is 0.866. The highest BCUT2D eigenvalue weighted by atomic mass is 35.5. The number of carbonyl (C=O) groups is 1. The molecule has 1 aliphatic rings. The number of hydrogen-bond acceptors (Lipinski definition) is 4. The summed E-state index contributed by atoms with van der Waals surface area (Å²) in [6.45, 7) is 0. The lowest BCUT2D eigenvalue weighted by molar-refractivity contribution is -0.116.